The largest absolute Gasteiger partial charge is 0.465 e. The lowest BCUT2D eigenvalue weighted by molar-refractivity contribution is 0.0603. The van der Waals surface area contributed by atoms with Gasteiger partial charge < -0.3 is 15.8 Å². The van der Waals surface area contributed by atoms with Gasteiger partial charge in [0, 0.05) is 12.5 Å². The van der Waals surface area contributed by atoms with Crippen LogP contribution in [0.25, 0.3) is 0 Å². The van der Waals surface area contributed by atoms with Crippen LogP contribution in [0.1, 0.15) is 46.7 Å². The predicted molar refractivity (Wildman–Crippen MR) is 80.5 cm³/mol. The molecular formula is C14H20N2O3S. The summed E-state index contributed by atoms with van der Waals surface area (Å²) >= 11 is 1.26. The van der Waals surface area contributed by atoms with Gasteiger partial charge in [0.25, 0.3) is 0 Å². The van der Waals surface area contributed by atoms with E-state index in [1.54, 1.807) is 0 Å². The SMILES string of the molecule is COC(=O)c1c(NCC(C)C)sc(C(=O)C2CC2)c1N. The molecule has 1 aromatic heterocycles. The maximum atomic E-state index is 12.2. The number of anilines is 2. The van der Waals surface area contributed by atoms with Crippen LogP contribution in [-0.2, 0) is 4.74 Å². The number of rotatable bonds is 6. The molecular weight excluding hydrogens is 276 g/mol. The number of nitrogens with two attached hydrogens (primary N) is 1. The third-order valence-electron chi connectivity index (χ3n) is 3.18. The smallest absolute Gasteiger partial charge is 0.343 e. The zero-order valence-corrected chi connectivity index (χ0v) is 12.8. The number of nitrogens with one attached hydrogen (secondary N) is 1. The highest BCUT2D eigenvalue weighted by molar-refractivity contribution is 7.19. The number of nitrogen functional groups attached to an aromatic ring is 1. The molecule has 110 valence electrons. The number of thiophene rings is 1. The minimum Gasteiger partial charge on any atom is -0.465 e. The summed E-state index contributed by atoms with van der Waals surface area (Å²) < 4.78 is 4.77. The number of hydrogen-bond acceptors (Lipinski definition) is 6. The molecule has 1 heterocycles. The lowest BCUT2D eigenvalue weighted by Gasteiger charge is -2.08. The molecule has 0 saturated heterocycles. The number of ketones is 1. The molecule has 0 unspecified atom stereocenters. The molecule has 5 nitrogen and oxygen atoms in total. The summed E-state index contributed by atoms with van der Waals surface area (Å²) in [6.45, 7) is 4.84. The quantitative estimate of drug-likeness (QED) is 0.623. The Kier molecular flexibility index (Phi) is 4.32. The van der Waals surface area contributed by atoms with Crippen LogP contribution in [0.4, 0.5) is 10.7 Å². The van der Waals surface area contributed by atoms with Gasteiger partial charge >= 0.3 is 5.97 Å². The minimum absolute atomic E-state index is 0.0512. The van der Waals surface area contributed by atoms with Gasteiger partial charge in [-0.3, -0.25) is 4.79 Å². The highest BCUT2D eigenvalue weighted by Crippen LogP contribution is 2.42. The van der Waals surface area contributed by atoms with Crippen molar-refractivity contribution < 1.29 is 14.3 Å². The number of carbonyl (C=O) groups is 2. The van der Waals surface area contributed by atoms with Crippen molar-refractivity contribution in [2.45, 2.75) is 26.7 Å². The second-order valence-electron chi connectivity index (χ2n) is 5.45. The summed E-state index contributed by atoms with van der Waals surface area (Å²) in [5.41, 5.74) is 6.55. The molecule has 0 atom stereocenters. The summed E-state index contributed by atoms with van der Waals surface area (Å²) in [7, 11) is 1.31. The van der Waals surface area contributed by atoms with Gasteiger partial charge in [0.15, 0.2) is 5.78 Å². The van der Waals surface area contributed by atoms with Gasteiger partial charge in [-0.15, -0.1) is 11.3 Å². The van der Waals surface area contributed by atoms with Gasteiger partial charge in [0.2, 0.25) is 0 Å². The summed E-state index contributed by atoms with van der Waals surface area (Å²) in [4.78, 5) is 24.6. The second kappa shape index (κ2) is 5.83. The minimum atomic E-state index is -0.500. The lowest BCUT2D eigenvalue weighted by atomic mass is 10.1. The third kappa shape index (κ3) is 2.95. The van der Waals surface area contributed by atoms with E-state index in [2.05, 4.69) is 19.2 Å². The number of Topliss-reactive ketones (excluding diaryl/α,β-unsaturated/α-hetero) is 1. The third-order valence-corrected chi connectivity index (χ3v) is 4.36. The fourth-order valence-electron chi connectivity index (χ4n) is 1.88. The fraction of sp³-hybridized carbons (Fsp3) is 0.571. The van der Waals surface area contributed by atoms with E-state index < -0.39 is 5.97 Å². The normalized spacial score (nSPS) is 14.4. The van der Waals surface area contributed by atoms with Gasteiger partial charge in [-0.1, -0.05) is 13.8 Å². The van der Waals surface area contributed by atoms with E-state index in [0.717, 1.165) is 12.8 Å². The summed E-state index contributed by atoms with van der Waals surface area (Å²) in [6, 6.07) is 0. The number of ether oxygens (including phenoxy) is 1. The summed E-state index contributed by atoms with van der Waals surface area (Å²) in [5, 5.41) is 3.82. The number of carbonyl (C=O) groups excluding carboxylic acids is 2. The molecule has 1 aliphatic carbocycles. The molecule has 2 rings (SSSR count). The van der Waals surface area contributed by atoms with Gasteiger partial charge in [-0.25, -0.2) is 4.79 Å². The second-order valence-corrected chi connectivity index (χ2v) is 6.47. The lowest BCUT2D eigenvalue weighted by Crippen LogP contribution is -2.12. The van der Waals surface area contributed by atoms with Crippen molar-refractivity contribution in [1.29, 1.82) is 0 Å². The van der Waals surface area contributed by atoms with Crippen molar-refractivity contribution >= 4 is 33.8 Å². The molecule has 0 radical (unpaired) electrons. The van der Waals surface area contributed by atoms with Crippen LogP contribution in [0.15, 0.2) is 0 Å². The molecule has 20 heavy (non-hydrogen) atoms. The van der Waals surface area contributed by atoms with E-state index in [-0.39, 0.29) is 17.4 Å². The van der Waals surface area contributed by atoms with E-state index in [1.807, 2.05) is 0 Å². The maximum absolute atomic E-state index is 12.2. The Bertz CT molecular complexity index is 533. The number of esters is 1. The predicted octanol–water partition coefficient (Wildman–Crippen LogP) is 2.78. The highest BCUT2D eigenvalue weighted by atomic mass is 32.1. The zero-order valence-electron chi connectivity index (χ0n) is 12.0. The first-order valence-corrected chi connectivity index (χ1v) is 7.56. The van der Waals surface area contributed by atoms with E-state index in [4.69, 9.17) is 10.5 Å². The van der Waals surface area contributed by atoms with Crippen molar-refractivity contribution in [2.75, 3.05) is 24.7 Å². The standard InChI is InChI=1S/C14H20N2O3S/c1-7(2)6-16-13-9(14(18)19-3)10(15)12(20-13)11(17)8-4-5-8/h7-8,16H,4-6,15H2,1-3H3. The van der Waals surface area contributed by atoms with Gasteiger partial charge in [-0.05, 0) is 18.8 Å². The highest BCUT2D eigenvalue weighted by Gasteiger charge is 2.35. The molecule has 1 saturated carbocycles. The molecule has 3 N–H and O–H groups in total. The molecule has 1 aromatic rings. The van der Waals surface area contributed by atoms with Crippen LogP contribution < -0.4 is 11.1 Å². The molecule has 0 spiro atoms. The van der Waals surface area contributed by atoms with Crippen molar-refractivity contribution in [3.63, 3.8) is 0 Å². The van der Waals surface area contributed by atoms with E-state index in [9.17, 15) is 9.59 Å². The topological polar surface area (TPSA) is 81.4 Å². The van der Waals surface area contributed by atoms with Crippen molar-refractivity contribution in [2.24, 2.45) is 11.8 Å². The number of hydrogen-bond donors (Lipinski definition) is 2. The van der Waals surface area contributed by atoms with E-state index in [1.165, 1.54) is 18.4 Å². The Balaban J connectivity index is 2.34. The Hall–Kier alpha value is -1.56. The molecule has 1 fully saturated rings. The Morgan fingerprint density at radius 3 is 2.60 bits per heavy atom. The average Bonchev–Trinajstić information content (AvgIpc) is 3.19. The van der Waals surface area contributed by atoms with Crippen LogP contribution >= 0.6 is 11.3 Å². The Morgan fingerprint density at radius 2 is 2.10 bits per heavy atom. The molecule has 6 heteroatoms. The van der Waals surface area contributed by atoms with E-state index in [0.29, 0.717) is 27.9 Å². The Labute approximate surface area is 122 Å². The van der Waals surface area contributed by atoms with Crippen LogP contribution in [0, 0.1) is 11.8 Å². The first kappa shape index (κ1) is 14.8. The van der Waals surface area contributed by atoms with E-state index >= 15 is 0 Å². The number of methoxy groups -OCH3 is 1. The maximum Gasteiger partial charge on any atom is 0.343 e. The average molecular weight is 296 g/mol. The van der Waals surface area contributed by atoms with Crippen molar-refractivity contribution in [3.05, 3.63) is 10.4 Å². The molecule has 0 amide bonds. The summed E-state index contributed by atoms with van der Waals surface area (Å²) in [6.07, 6.45) is 1.83. The first-order chi connectivity index (χ1) is 9.45. The van der Waals surface area contributed by atoms with Crippen molar-refractivity contribution in [3.8, 4) is 0 Å². The molecule has 1 aliphatic rings. The van der Waals surface area contributed by atoms with Crippen LogP contribution in [-0.4, -0.2) is 25.4 Å². The van der Waals surface area contributed by atoms with Gasteiger partial charge in [0.1, 0.15) is 10.6 Å². The first-order valence-electron chi connectivity index (χ1n) is 6.74. The van der Waals surface area contributed by atoms with Gasteiger partial charge in [-0.2, -0.15) is 0 Å². The summed E-state index contributed by atoms with van der Waals surface area (Å²) in [5.74, 6) is 0.0564. The Morgan fingerprint density at radius 1 is 1.45 bits per heavy atom. The fourth-order valence-corrected chi connectivity index (χ4v) is 3.02. The van der Waals surface area contributed by atoms with Crippen LogP contribution in [0.2, 0.25) is 0 Å². The van der Waals surface area contributed by atoms with Crippen LogP contribution in [0.5, 0.6) is 0 Å². The van der Waals surface area contributed by atoms with Gasteiger partial charge in [0.05, 0.1) is 17.7 Å². The molecule has 0 aromatic carbocycles. The van der Waals surface area contributed by atoms with Crippen molar-refractivity contribution in [1.82, 2.24) is 0 Å². The molecule has 0 bridgehead atoms. The zero-order chi connectivity index (χ0) is 14.9. The molecule has 0 aliphatic heterocycles. The monoisotopic (exact) mass is 296 g/mol. The van der Waals surface area contributed by atoms with Crippen LogP contribution in [0.3, 0.4) is 0 Å².